The number of anilines is 1. The van der Waals surface area contributed by atoms with Crippen LogP contribution >= 0.6 is 0 Å². The van der Waals surface area contributed by atoms with Crippen LogP contribution in [0.1, 0.15) is 18.9 Å². The minimum atomic E-state index is -3.80. The van der Waals surface area contributed by atoms with E-state index in [2.05, 4.69) is 5.32 Å². The van der Waals surface area contributed by atoms with Gasteiger partial charge in [-0.15, -0.1) is 0 Å². The summed E-state index contributed by atoms with van der Waals surface area (Å²) in [4.78, 5) is 12.7. The number of ether oxygens (including phenoxy) is 2. The first-order valence-electron chi connectivity index (χ1n) is 9.41. The van der Waals surface area contributed by atoms with Crippen LogP contribution < -0.4 is 19.1 Å². The molecule has 0 fully saturated rings. The normalized spacial score (nSPS) is 12.2. The maximum Gasteiger partial charge on any atom is 0.243 e. The topological polar surface area (TPSA) is 84.9 Å². The second-order valence-corrected chi connectivity index (χ2v) is 8.65. The molecule has 1 N–H and O–H groups in total. The van der Waals surface area contributed by atoms with Crippen LogP contribution in [0.2, 0.25) is 0 Å². The summed E-state index contributed by atoms with van der Waals surface area (Å²) in [5, 5.41) is 2.76. The Balaban J connectivity index is 2.10. The molecule has 9 heteroatoms. The molecule has 0 aliphatic carbocycles. The lowest BCUT2D eigenvalue weighted by atomic mass is 10.1. The number of methoxy groups -OCH3 is 2. The second-order valence-electron chi connectivity index (χ2n) is 6.79. The fourth-order valence-corrected chi connectivity index (χ4v) is 4.22. The van der Waals surface area contributed by atoms with Crippen molar-refractivity contribution in [3.05, 3.63) is 53.8 Å². The first kappa shape index (κ1) is 23.5. The Bertz CT molecular complexity index is 964. The largest absolute Gasteiger partial charge is 0.497 e. The molecule has 0 saturated heterocycles. The maximum atomic E-state index is 13.0. The predicted molar refractivity (Wildman–Crippen MR) is 114 cm³/mol. The molecular formula is C21H27FN2O5S. The summed E-state index contributed by atoms with van der Waals surface area (Å²) >= 11 is 0. The van der Waals surface area contributed by atoms with Crippen molar-refractivity contribution in [3.8, 4) is 11.5 Å². The smallest absolute Gasteiger partial charge is 0.243 e. The highest BCUT2D eigenvalue weighted by molar-refractivity contribution is 7.92. The molecule has 0 aliphatic heterocycles. The minimum Gasteiger partial charge on any atom is -0.497 e. The molecule has 0 heterocycles. The lowest BCUT2D eigenvalue weighted by Gasteiger charge is -2.29. The van der Waals surface area contributed by atoms with Gasteiger partial charge in [-0.3, -0.25) is 9.10 Å². The van der Waals surface area contributed by atoms with E-state index < -0.39 is 22.0 Å². The van der Waals surface area contributed by atoms with Gasteiger partial charge in [-0.2, -0.15) is 0 Å². The Morgan fingerprint density at radius 1 is 1.13 bits per heavy atom. The summed E-state index contributed by atoms with van der Waals surface area (Å²) in [6.45, 7) is 1.86. The highest BCUT2D eigenvalue weighted by atomic mass is 32.2. The Hall–Kier alpha value is -2.81. The fourth-order valence-electron chi connectivity index (χ4n) is 3.05. The van der Waals surface area contributed by atoms with Gasteiger partial charge in [-0.25, -0.2) is 12.8 Å². The molecule has 0 saturated carbocycles. The number of hydrogen-bond donors (Lipinski definition) is 1. The summed E-state index contributed by atoms with van der Waals surface area (Å²) in [6, 6.07) is 9.90. The van der Waals surface area contributed by atoms with E-state index in [1.165, 1.54) is 39.3 Å². The maximum absolute atomic E-state index is 13.0. The average Bonchev–Trinajstić information content (AvgIpc) is 2.71. The Labute approximate surface area is 176 Å². The molecule has 2 aromatic carbocycles. The zero-order valence-corrected chi connectivity index (χ0v) is 18.3. The highest BCUT2D eigenvalue weighted by Crippen LogP contribution is 2.35. The van der Waals surface area contributed by atoms with E-state index >= 15 is 0 Å². The molecule has 2 aromatic rings. The van der Waals surface area contributed by atoms with Crippen molar-refractivity contribution in [3.63, 3.8) is 0 Å². The minimum absolute atomic E-state index is 0.216. The van der Waals surface area contributed by atoms with Gasteiger partial charge in [0.25, 0.3) is 0 Å². The third-order valence-corrected chi connectivity index (χ3v) is 5.79. The van der Waals surface area contributed by atoms with Crippen LogP contribution in [-0.4, -0.2) is 47.4 Å². The second kappa shape index (κ2) is 10.3. The number of nitrogens with zero attached hydrogens (tertiary/aromatic N) is 1. The van der Waals surface area contributed by atoms with Gasteiger partial charge in [0.2, 0.25) is 15.9 Å². The third-order valence-electron chi connectivity index (χ3n) is 4.57. The average molecular weight is 439 g/mol. The number of sulfonamides is 1. The van der Waals surface area contributed by atoms with E-state index in [4.69, 9.17) is 9.47 Å². The van der Waals surface area contributed by atoms with Gasteiger partial charge in [-0.05, 0) is 49.6 Å². The first-order valence-corrected chi connectivity index (χ1v) is 11.3. The van der Waals surface area contributed by atoms with Crippen molar-refractivity contribution in [2.24, 2.45) is 0 Å². The van der Waals surface area contributed by atoms with Crippen LogP contribution in [0.25, 0.3) is 0 Å². The molecule has 30 heavy (non-hydrogen) atoms. The molecule has 1 amide bonds. The summed E-state index contributed by atoms with van der Waals surface area (Å²) in [5.74, 6) is 0.00246. The predicted octanol–water partition coefficient (Wildman–Crippen LogP) is 2.75. The van der Waals surface area contributed by atoms with Gasteiger partial charge in [-0.1, -0.05) is 12.1 Å². The number of aryl methyl sites for hydroxylation is 1. The zero-order valence-electron chi connectivity index (χ0n) is 17.5. The van der Waals surface area contributed by atoms with Gasteiger partial charge >= 0.3 is 0 Å². The molecule has 0 radical (unpaired) electrons. The summed E-state index contributed by atoms with van der Waals surface area (Å²) in [5.41, 5.74) is 1.17. The number of nitrogens with one attached hydrogen (secondary N) is 1. The van der Waals surface area contributed by atoms with Gasteiger partial charge < -0.3 is 14.8 Å². The van der Waals surface area contributed by atoms with Gasteiger partial charge in [0.15, 0.2) is 0 Å². The van der Waals surface area contributed by atoms with Gasteiger partial charge in [0.1, 0.15) is 23.4 Å². The lowest BCUT2D eigenvalue weighted by molar-refractivity contribution is -0.121. The van der Waals surface area contributed by atoms with Crippen LogP contribution in [0.15, 0.2) is 42.5 Å². The first-order chi connectivity index (χ1) is 14.2. The van der Waals surface area contributed by atoms with Crippen molar-refractivity contribution < 1.29 is 27.1 Å². The number of benzene rings is 2. The van der Waals surface area contributed by atoms with Crippen molar-refractivity contribution in [2.45, 2.75) is 25.8 Å². The zero-order chi connectivity index (χ0) is 22.3. The summed E-state index contributed by atoms with van der Waals surface area (Å²) in [7, 11) is -0.908. The van der Waals surface area contributed by atoms with Crippen molar-refractivity contribution in [1.29, 1.82) is 0 Å². The number of amides is 1. The van der Waals surface area contributed by atoms with Gasteiger partial charge in [0.05, 0.1) is 26.2 Å². The Morgan fingerprint density at radius 3 is 2.37 bits per heavy atom. The molecule has 0 spiro atoms. The number of halogens is 1. The molecule has 0 aliphatic rings. The molecule has 0 bridgehead atoms. The van der Waals surface area contributed by atoms with E-state index in [0.29, 0.717) is 30.9 Å². The van der Waals surface area contributed by atoms with E-state index in [1.54, 1.807) is 24.3 Å². The molecule has 1 atom stereocenters. The van der Waals surface area contributed by atoms with Crippen LogP contribution in [0.5, 0.6) is 11.5 Å². The van der Waals surface area contributed by atoms with E-state index in [1.807, 2.05) is 0 Å². The lowest BCUT2D eigenvalue weighted by Crippen LogP contribution is -2.48. The third kappa shape index (κ3) is 6.09. The molecule has 164 valence electrons. The quantitative estimate of drug-likeness (QED) is 0.577. The number of rotatable bonds is 10. The number of carbonyl (C=O) groups excluding carboxylic acids is 1. The van der Waals surface area contributed by atoms with E-state index in [9.17, 15) is 17.6 Å². The fraction of sp³-hybridized carbons (Fsp3) is 0.381. The van der Waals surface area contributed by atoms with Crippen molar-refractivity contribution >= 4 is 21.6 Å². The molecular weight excluding hydrogens is 411 g/mol. The van der Waals surface area contributed by atoms with Crippen LogP contribution in [0.4, 0.5) is 10.1 Å². The van der Waals surface area contributed by atoms with Crippen molar-refractivity contribution in [2.75, 3.05) is 31.3 Å². The standard InChI is InChI=1S/C21H27FN2O5S/c1-15(21(25)23-13-5-6-16-7-9-17(22)10-8-16)24(30(4,26)27)19-14-18(28-2)11-12-20(19)29-3/h7-12,14-15H,5-6,13H2,1-4H3,(H,23,25)/t15-/m0/s1. The van der Waals surface area contributed by atoms with E-state index in [-0.39, 0.29) is 11.5 Å². The Kier molecular flexibility index (Phi) is 8.05. The number of hydrogen-bond acceptors (Lipinski definition) is 5. The van der Waals surface area contributed by atoms with Crippen LogP contribution in [-0.2, 0) is 21.2 Å². The molecule has 2 rings (SSSR count). The van der Waals surface area contributed by atoms with E-state index in [0.717, 1.165) is 16.1 Å². The highest BCUT2D eigenvalue weighted by Gasteiger charge is 2.31. The monoisotopic (exact) mass is 438 g/mol. The molecule has 0 aromatic heterocycles. The summed E-state index contributed by atoms with van der Waals surface area (Å²) in [6.07, 6.45) is 2.32. The molecule has 7 nitrogen and oxygen atoms in total. The summed E-state index contributed by atoms with van der Waals surface area (Å²) < 4.78 is 49.5. The van der Waals surface area contributed by atoms with Crippen LogP contribution in [0, 0.1) is 5.82 Å². The van der Waals surface area contributed by atoms with Crippen molar-refractivity contribution in [1.82, 2.24) is 5.32 Å². The molecule has 0 unspecified atom stereocenters. The Morgan fingerprint density at radius 2 is 1.80 bits per heavy atom. The number of carbonyl (C=O) groups is 1. The van der Waals surface area contributed by atoms with Crippen LogP contribution in [0.3, 0.4) is 0 Å². The van der Waals surface area contributed by atoms with Gasteiger partial charge in [0, 0.05) is 12.6 Å². The SMILES string of the molecule is COc1ccc(OC)c(N([C@@H](C)C(=O)NCCCc2ccc(F)cc2)S(C)(=O)=O)c1.